The Morgan fingerprint density at radius 3 is 2.52 bits per heavy atom. The van der Waals surface area contributed by atoms with E-state index in [0.29, 0.717) is 12.1 Å². The number of nitrogens with zero attached hydrogens (tertiary/aromatic N) is 2. The summed E-state index contributed by atoms with van der Waals surface area (Å²) in [7, 11) is 0. The highest BCUT2D eigenvalue weighted by Crippen LogP contribution is 2.20. The van der Waals surface area contributed by atoms with Crippen LogP contribution in [-0.4, -0.2) is 14.8 Å². The summed E-state index contributed by atoms with van der Waals surface area (Å²) in [5.41, 5.74) is 6.61. The van der Waals surface area contributed by atoms with Crippen LogP contribution in [0.2, 0.25) is 0 Å². The average Bonchev–Trinajstić information content (AvgIpc) is 2.99. The number of hydrogen-bond donors (Lipinski definition) is 2. The molecule has 27 heavy (non-hydrogen) atoms. The zero-order valence-electron chi connectivity index (χ0n) is 15.7. The summed E-state index contributed by atoms with van der Waals surface area (Å²) < 4.78 is 1.78. The van der Waals surface area contributed by atoms with Crippen molar-refractivity contribution in [2.45, 2.75) is 27.3 Å². The minimum absolute atomic E-state index is 0.101. The molecule has 5 nitrogen and oxygen atoms in total. The van der Waals surface area contributed by atoms with Crippen LogP contribution in [0.15, 0.2) is 59.4 Å². The fourth-order valence-corrected chi connectivity index (χ4v) is 3.20. The molecular weight excluding hydrogens is 336 g/mol. The zero-order chi connectivity index (χ0) is 19.0. The van der Waals surface area contributed by atoms with E-state index in [1.54, 1.807) is 4.68 Å². The molecule has 5 heteroatoms. The number of pyridine rings is 1. The van der Waals surface area contributed by atoms with Gasteiger partial charge in [-0.1, -0.05) is 24.3 Å². The third kappa shape index (κ3) is 3.24. The van der Waals surface area contributed by atoms with Crippen LogP contribution in [0.4, 0.5) is 5.69 Å². The average molecular weight is 358 g/mol. The van der Waals surface area contributed by atoms with Crippen molar-refractivity contribution in [1.82, 2.24) is 14.8 Å². The predicted molar refractivity (Wildman–Crippen MR) is 110 cm³/mol. The molecule has 0 saturated heterocycles. The first-order valence-electron chi connectivity index (χ1n) is 9.01. The van der Waals surface area contributed by atoms with E-state index in [1.807, 2.05) is 49.4 Å². The van der Waals surface area contributed by atoms with E-state index in [0.717, 1.165) is 28.1 Å². The van der Waals surface area contributed by atoms with Crippen LogP contribution in [-0.2, 0) is 6.54 Å². The van der Waals surface area contributed by atoms with Crippen LogP contribution >= 0.6 is 0 Å². The van der Waals surface area contributed by atoms with Crippen molar-refractivity contribution in [1.29, 1.82) is 0 Å². The standard InChI is InChI=1S/C22H22N4O/c1-14-9-10-18(11-15(14)2)23-13-17-12-20-16(3)25-26(21(20)24-22(17)27)19-7-5-4-6-8-19/h4-12,23H,13H2,1-3H3,(H,24,27). The van der Waals surface area contributed by atoms with Crippen molar-refractivity contribution in [2.75, 3.05) is 5.32 Å². The van der Waals surface area contributed by atoms with E-state index in [9.17, 15) is 4.79 Å². The highest BCUT2D eigenvalue weighted by atomic mass is 16.1. The van der Waals surface area contributed by atoms with Crippen molar-refractivity contribution in [2.24, 2.45) is 0 Å². The molecule has 136 valence electrons. The highest BCUT2D eigenvalue weighted by molar-refractivity contribution is 5.80. The molecule has 0 atom stereocenters. The lowest BCUT2D eigenvalue weighted by Crippen LogP contribution is -2.16. The number of H-pyrrole nitrogens is 1. The summed E-state index contributed by atoms with van der Waals surface area (Å²) in [6, 6.07) is 18.0. The molecule has 0 aliphatic carbocycles. The van der Waals surface area contributed by atoms with Gasteiger partial charge in [0.15, 0.2) is 0 Å². The van der Waals surface area contributed by atoms with E-state index in [1.165, 1.54) is 11.1 Å². The highest BCUT2D eigenvalue weighted by Gasteiger charge is 2.12. The summed E-state index contributed by atoms with van der Waals surface area (Å²) >= 11 is 0. The smallest absolute Gasteiger partial charge is 0.254 e. The molecule has 0 radical (unpaired) electrons. The van der Waals surface area contributed by atoms with Crippen LogP contribution in [0.3, 0.4) is 0 Å². The van der Waals surface area contributed by atoms with E-state index in [-0.39, 0.29) is 5.56 Å². The summed E-state index contributed by atoms with van der Waals surface area (Å²) in [5.74, 6) is 0. The lowest BCUT2D eigenvalue weighted by Gasteiger charge is -2.09. The van der Waals surface area contributed by atoms with E-state index in [2.05, 4.69) is 41.4 Å². The van der Waals surface area contributed by atoms with Crippen molar-refractivity contribution in [3.8, 4) is 5.69 Å². The van der Waals surface area contributed by atoms with Crippen LogP contribution in [0, 0.1) is 20.8 Å². The second-order valence-electron chi connectivity index (χ2n) is 6.87. The van der Waals surface area contributed by atoms with Gasteiger partial charge in [-0.05, 0) is 62.2 Å². The second-order valence-corrected chi connectivity index (χ2v) is 6.87. The van der Waals surface area contributed by atoms with Gasteiger partial charge in [-0.25, -0.2) is 4.68 Å². The van der Waals surface area contributed by atoms with Crippen molar-refractivity contribution < 1.29 is 0 Å². The van der Waals surface area contributed by atoms with E-state index < -0.39 is 0 Å². The van der Waals surface area contributed by atoms with Gasteiger partial charge < -0.3 is 10.3 Å². The fraction of sp³-hybridized carbons (Fsp3) is 0.182. The first-order chi connectivity index (χ1) is 13.0. The summed E-state index contributed by atoms with van der Waals surface area (Å²) in [6.07, 6.45) is 0. The van der Waals surface area contributed by atoms with Gasteiger partial charge in [-0.15, -0.1) is 0 Å². The van der Waals surface area contributed by atoms with Gasteiger partial charge in [-0.3, -0.25) is 4.79 Å². The number of hydrogen-bond acceptors (Lipinski definition) is 3. The van der Waals surface area contributed by atoms with Crippen molar-refractivity contribution in [3.05, 3.63) is 87.3 Å². The van der Waals surface area contributed by atoms with Gasteiger partial charge in [0.05, 0.1) is 11.4 Å². The topological polar surface area (TPSA) is 62.7 Å². The van der Waals surface area contributed by atoms with Crippen molar-refractivity contribution >= 4 is 16.7 Å². The maximum atomic E-state index is 12.6. The molecule has 4 aromatic rings. The molecule has 0 saturated carbocycles. The molecule has 0 fully saturated rings. The summed E-state index contributed by atoms with van der Waals surface area (Å²) in [5, 5.41) is 8.91. The Balaban J connectivity index is 1.69. The third-order valence-electron chi connectivity index (χ3n) is 4.94. The molecule has 0 aliphatic heterocycles. The van der Waals surface area contributed by atoms with Gasteiger partial charge in [0, 0.05) is 23.2 Å². The molecule has 2 N–H and O–H groups in total. The minimum atomic E-state index is -0.101. The molecule has 2 aromatic carbocycles. The van der Waals surface area contributed by atoms with Gasteiger partial charge in [0.25, 0.3) is 5.56 Å². The number of aryl methyl sites for hydroxylation is 3. The Kier molecular flexibility index (Phi) is 4.28. The van der Waals surface area contributed by atoms with Crippen molar-refractivity contribution in [3.63, 3.8) is 0 Å². The lowest BCUT2D eigenvalue weighted by atomic mass is 10.1. The van der Waals surface area contributed by atoms with Crippen LogP contribution < -0.4 is 10.9 Å². The number of benzene rings is 2. The molecule has 0 aliphatic rings. The van der Waals surface area contributed by atoms with Crippen LogP contribution in [0.5, 0.6) is 0 Å². The quantitative estimate of drug-likeness (QED) is 0.573. The molecule has 4 rings (SSSR count). The first-order valence-corrected chi connectivity index (χ1v) is 9.01. The molecule has 0 bridgehead atoms. The Hall–Kier alpha value is -3.34. The molecule has 2 heterocycles. The molecule has 0 unspecified atom stereocenters. The zero-order valence-corrected chi connectivity index (χ0v) is 15.7. The summed E-state index contributed by atoms with van der Waals surface area (Å²) in [6.45, 7) is 6.59. The maximum Gasteiger partial charge on any atom is 0.254 e. The molecule has 2 aromatic heterocycles. The molecule has 0 spiro atoms. The van der Waals surface area contributed by atoms with Gasteiger partial charge in [0.2, 0.25) is 0 Å². The largest absolute Gasteiger partial charge is 0.381 e. The lowest BCUT2D eigenvalue weighted by molar-refractivity contribution is 0.874. The number of fused-ring (bicyclic) bond motifs is 1. The molecular formula is C22H22N4O. The Bertz CT molecular complexity index is 1170. The van der Waals surface area contributed by atoms with Gasteiger partial charge in [0.1, 0.15) is 5.65 Å². The Morgan fingerprint density at radius 1 is 1.00 bits per heavy atom. The fourth-order valence-electron chi connectivity index (χ4n) is 3.20. The monoisotopic (exact) mass is 358 g/mol. The normalized spacial score (nSPS) is 11.1. The third-order valence-corrected chi connectivity index (χ3v) is 4.94. The first kappa shape index (κ1) is 17.1. The predicted octanol–water partition coefficient (Wildman–Crippen LogP) is 4.25. The van der Waals surface area contributed by atoms with Crippen LogP contribution in [0.25, 0.3) is 16.7 Å². The summed E-state index contributed by atoms with van der Waals surface area (Å²) in [4.78, 5) is 15.6. The number of para-hydroxylation sites is 1. The second kappa shape index (κ2) is 6.76. The number of anilines is 1. The number of aromatic amines is 1. The van der Waals surface area contributed by atoms with E-state index in [4.69, 9.17) is 0 Å². The maximum absolute atomic E-state index is 12.6. The SMILES string of the molecule is Cc1ccc(NCc2cc3c(C)nn(-c4ccccc4)c3[nH]c2=O)cc1C. The number of aromatic nitrogens is 3. The van der Waals surface area contributed by atoms with Gasteiger partial charge in [-0.2, -0.15) is 5.10 Å². The Labute approximate surface area is 157 Å². The van der Waals surface area contributed by atoms with Gasteiger partial charge >= 0.3 is 0 Å². The Morgan fingerprint density at radius 2 is 1.78 bits per heavy atom. The van der Waals surface area contributed by atoms with Crippen LogP contribution in [0.1, 0.15) is 22.4 Å². The number of rotatable bonds is 4. The molecule has 0 amide bonds. The van der Waals surface area contributed by atoms with E-state index >= 15 is 0 Å². The number of nitrogens with one attached hydrogen (secondary N) is 2. The minimum Gasteiger partial charge on any atom is -0.381 e.